The first-order chi connectivity index (χ1) is 24.9. The average molecular weight is 737 g/mol. The zero-order valence-corrected chi connectivity index (χ0v) is 34.7. The summed E-state index contributed by atoms with van der Waals surface area (Å²) in [7, 11) is 0. The van der Waals surface area contributed by atoms with Gasteiger partial charge in [0.25, 0.3) is 0 Å². The van der Waals surface area contributed by atoms with Crippen LogP contribution in [0.3, 0.4) is 0 Å². The second-order valence-electron chi connectivity index (χ2n) is 20.7. The molecule has 290 valence electrons. The molecular weight excluding hydrogens is 675 g/mol. The van der Waals surface area contributed by atoms with Gasteiger partial charge in [-0.25, -0.2) is 0 Å². The molecule has 7 heteroatoms. The van der Waals surface area contributed by atoms with Crippen molar-refractivity contribution in [1.29, 1.82) is 0 Å². The predicted octanol–water partition coefficient (Wildman–Crippen LogP) is 9.01. The number of aromatic nitrogens is 1. The number of nitrogens with zero attached hydrogens (tertiary/aromatic N) is 1. The van der Waals surface area contributed by atoms with Gasteiger partial charge in [-0.3, -0.25) is 9.59 Å². The van der Waals surface area contributed by atoms with E-state index >= 15 is 0 Å². The zero-order valence-electron chi connectivity index (χ0n) is 34.7. The number of aliphatic hydroxyl groups excluding tert-OH is 2. The number of ketones is 1. The molecule has 3 heterocycles. The smallest absolute Gasteiger partial charge is 0.247 e. The van der Waals surface area contributed by atoms with E-state index in [-0.39, 0.29) is 39.9 Å². The van der Waals surface area contributed by atoms with Gasteiger partial charge >= 0.3 is 0 Å². The number of hydrogen-bond donors (Lipinski definition) is 3. The summed E-state index contributed by atoms with van der Waals surface area (Å²) < 4.78 is 8.91. The first kappa shape index (κ1) is 37.7. The average Bonchev–Trinajstić information content (AvgIpc) is 3.71. The van der Waals surface area contributed by atoms with Crippen LogP contribution in [-0.4, -0.2) is 49.3 Å². The SMILES string of the molecule is C=C(C)[C@H]1C(=O)c2c3c(cc4c5c(n1c24)[C@@]1(C)[C@@H](CC[C@H]2[C@](C)(/C=C/C=C(\C)C(=O)N[14C](C)(C)C)[C@@H](O)CC[C@@]21C)C5)C1=CC(C)(C)OC(C)(C)[C@H]1[C@@H]3O. The van der Waals surface area contributed by atoms with Crippen LogP contribution in [0.5, 0.6) is 0 Å². The lowest BCUT2D eigenvalue weighted by molar-refractivity contribution is -0.144. The Hall–Kier alpha value is -3.26. The van der Waals surface area contributed by atoms with Crippen molar-refractivity contribution in [1.82, 2.24) is 9.88 Å². The Bertz CT molecular complexity index is 2140. The lowest BCUT2D eigenvalue weighted by Gasteiger charge is -2.64. The van der Waals surface area contributed by atoms with Crippen LogP contribution in [0.4, 0.5) is 0 Å². The molecule has 0 spiro atoms. The zero-order chi connectivity index (χ0) is 39.5. The van der Waals surface area contributed by atoms with Gasteiger partial charge in [-0.05, 0) is 141 Å². The molecule has 0 bridgehead atoms. The molecule has 2 aliphatic heterocycles. The Morgan fingerprint density at radius 2 is 1.74 bits per heavy atom. The molecule has 4 aliphatic carbocycles. The largest absolute Gasteiger partial charge is 0.392 e. The van der Waals surface area contributed by atoms with Crippen LogP contribution in [0.1, 0.15) is 154 Å². The minimum absolute atomic E-state index is 0.0347. The van der Waals surface area contributed by atoms with Crippen molar-refractivity contribution >= 4 is 28.2 Å². The molecule has 2 saturated carbocycles. The number of rotatable bonds is 4. The molecule has 0 radical (unpaired) electrons. The Kier molecular flexibility index (Phi) is 7.96. The van der Waals surface area contributed by atoms with Crippen LogP contribution in [0, 0.1) is 28.6 Å². The molecule has 2 aromatic rings. The third-order valence-electron chi connectivity index (χ3n) is 15.3. The molecular formula is C47H62N2O5. The number of carbonyl (C=O) groups is 2. The van der Waals surface area contributed by atoms with Gasteiger partial charge < -0.3 is 24.8 Å². The van der Waals surface area contributed by atoms with Crippen molar-refractivity contribution in [2.45, 2.75) is 156 Å². The Labute approximate surface area is 322 Å². The second-order valence-corrected chi connectivity index (χ2v) is 20.7. The number of hydrogen-bond acceptors (Lipinski definition) is 5. The van der Waals surface area contributed by atoms with Crippen molar-refractivity contribution in [2.24, 2.45) is 28.6 Å². The summed E-state index contributed by atoms with van der Waals surface area (Å²) >= 11 is 0. The number of nitrogens with one attached hydrogen (secondary N) is 1. The van der Waals surface area contributed by atoms with E-state index < -0.39 is 34.9 Å². The molecule has 7 nitrogen and oxygen atoms in total. The Balaban J connectivity index is 1.29. The fourth-order valence-electron chi connectivity index (χ4n) is 13.0. The molecule has 8 rings (SSSR count). The van der Waals surface area contributed by atoms with E-state index in [2.05, 4.69) is 83.1 Å². The van der Waals surface area contributed by atoms with Gasteiger partial charge in [-0.2, -0.15) is 0 Å². The van der Waals surface area contributed by atoms with Crippen molar-refractivity contribution in [3.63, 3.8) is 0 Å². The summed E-state index contributed by atoms with van der Waals surface area (Å²) in [6.45, 7) is 29.6. The van der Waals surface area contributed by atoms with Gasteiger partial charge in [0.1, 0.15) is 6.04 Å². The second kappa shape index (κ2) is 11.4. The molecule has 0 unspecified atom stereocenters. The molecule has 1 aromatic carbocycles. The summed E-state index contributed by atoms with van der Waals surface area (Å²) in [5.41, 5.74) is 6.09. The minimum atomic E-state index is -0.854. The summed E-state index contributed by atoms with van der Waals surface area (Å²) in [6.07, 6.45) is 11.4. The molecule has 9 atom stereocenters. The third-order valence-corrected chi connectivity index (χ3v) is 15.3. The maximum atomic E-state index is 14.9. The van der Waals surface area contributed by atoms with Gasteiger partial charge in [0.2, 0.25) is 5.91 Å². The normalized spacial score (nSPS) is 37.5. The predicted molar refractivity (Wildman–Crippen MR) is 215 cm³/mol. The van der Waals surface area contributed by atoms with Crippen LogP contribution in [-0.2, 0) is 21.4 Å². The molecule has 1 amide bonds. The molecule has 0 saturated heterocycles. The first-order valence-corrected chi connectivity index (χ1v) is 20.3. The van der Waals surface area contributed by atoms with E-state index in [0.29, 0.717) is 23.5 Å². The standard InChI is InChI=1S/C47H62N2O5/c1-24(2)36-39(52)34-33-27(30-23-43(7,8)54-44(9,10)35(30)38(33)51)22-28-29-21-26-16-17-31-45(11,19-14-15-25(3)41(53)48-42(4,5)6)32(50)18-20-46(31,12)47(26,13)40(29)49(36)37(28)34/h14-15,19,22-23,26,31-32,35-36,38,50-51H,1,16-18,20-21H2,2-13H3,(H,48,53)/b19-14+,25-15+/t26-,31-,32-,35+,36-,38+,45-,46-,47+/m0/s1/i42+2. The van der Waals surface area contributed by atoms with Crippen molar-refractivity contribution in [2.75, 3.05) is 0 Å². The Morgan fingerprint density at radius 3 is 2.39 bits per heavy atom. The van der Waals surface area contributed by atoms with Crippen molar-refractivity contribution in [3.8, 4) is 0 Å². The van der Waals surface area contributed by atoms with E-state index in [1.165, 1.54) is 11.3 Å². The van der Waals surface area contributed by atoms with E-state index in [1.54, 1.807) is 0 Å². The highest BCUT2D eigenvalue weighted by Crippen LogP contribution is 2.71. The maximum absolute atomic E-state index is 14.9. The Morgan fingerprint density at radius 1 is 1.06 bits per heavy atom. The summed E-state index contributed by atoms with van der Waals surface area (Å²) in [6, 6.07) is 1.78. The third kappa shape index (κ3) is 4.82. The van der Waals surface area contributed by atoms with Crippen molar-refractivity contribution in [3.05, 3.63) is 76.0 Å². The van der Waals surface area contributed by atoms with Crippen LogP contribution < -0.4 is 5.32 Å². The molecule has 54 heavy (non-hydrogen) atoms. The van der Waals surface area contributed by atoms with Gasteiger partial charge in [0.05, 0.1) is 34.5 Å². The van der Waals surface area contributed by atoms with E-state index in [4.69, 9.17) is 4.74 Å². The highest BCUT2D eigenvalue weighted by atomic mass is 16.5. The van der Waals surface area contributed by atoms with Gasteiger partial charge in [0, 0.05) is 44.5 Å². The molecule has 2 fully saturated rings. The van der Waals surface area contributed by atoms with Gasteiger partial charge in [-0.15, -0.1) is 0 Å². The van der Waals surface area contributed by atoms with Gasteiger partial charge in [0.15, 0.2) is 5.78 Å². The first-order valence-electron chi connectivity index (χ1n) is 20.3. The quantitative estimate of drug-likeness (QED) is 0.165. The van der Waals surface area contributed by atoms with E-state index in [9.17, 15) is 19.8 Å². The number of fused-ring (bicyclic) bond motifs is 11. The fourth-order valence-corrected chi connectivity index (χ4v) is 13.0. The molecule has 1 aromatic heterocycles. The number of carbonyl (C=O) groups excluding carboxylic acids is 2. The van der Waals surface area contributed by atoms with E-state index in [0.717, 1.165) is 58.9 Å². The van der Waals surface area contributed by atoms with Crippen molar-refractivity contribution < 1.29 is 24.5 Å². The maximum Gasteiger partial charge on any atom is 0.247 e. The monoisotopic (exact) mass is 736 g/mol. The topological polar surface area (TPSA) is 101 Å². The molecule has 6 aliphatic rings. The van der Waals surface area contributed by atoms with E-state index in [1.807, 2.05) is 46.8 Å². The minimum Gasteiger partial charge on any atom is -0.392 e. The lowest BCUT2D eigenvalue weighted by Crippen LogP contribution is -2.62. The van der Waals surface area contributed by atoms with Gasteiger partial charge in [-0.1, -0.05) is 51.2 Å². The van der Waals surface area contributed by atoms with Crippen LogP contribution >= 0.6 is 0 Å². The number of benzene rings is 1. The number of Topliss-reactive ketones (excluding diaryl/α,β-unsaturated/α-hetero) is 1. The molecule has 3 N–H and O–H groups in total. The highest BCUT2D eigenvalue weighted by molar-refractivity contribution is 6.18. The number of allylic oxidation sites excluding steroid dienone is 3. The van der Waals surface area contributed by atoms with Crippen LogP contribution in [0.25, 0.3) is 16.5 Å². The lowest BCUT2D eigenvalue weighted by atomic mass is 9.40. The number of aliphatic hydroxyl groups is 2. The number of amides is 1. The highest BCUT2D eigenvalue weighted by Gasteiger charge is 2.67. The van der Waals surface area contributed by atoms with Crippen LogP contribution in [0.2, 0.25) is 0 Å². The summed E-state index contributed by atoms with van der Waals surface area (Å²) in [5.74, 6) is 0.232. The summed E-state index contributed by atoms with van der Waals surface area (Å²) in [4.78, 5) is 27.8. The summed E-state index contributed by atoms with van der Waals surface area (Å²) in [5, 5.41) is 28.2. The number of ether oxygens (including phenoxy) is 1. The fraction of sp³-hybridized carbons (Fsp3) is 0.617. The van der Waals surface area contributed by atoms with Crippen LogP contribution in [0.15, 0.2) is 48.1 Å².